The standard InChI is InChI=1S/C25H24ClN3O5/c1-2-32-23-13-18(8-10-22(23)33-15-17-6-4-3-5-7-17)25(31)29-28-14-19-12-20(26)9-11-21(19)34-16-24(27)30/h3-14H,2,15-16H2,1H3,(H2,27,30)(H,29,31)/b28-14+. The molecule has 0 atom stereocenters. The molecule has 2 amide bonds. The Hall–Kier alpha value is -4.04. The van der Waals surface area contributed by atoms with Gasteiger partial charge in [0.2, 0.25) is 0 Å². The van der Waals surface area contributed by atoms with Crippen molar-refractivity contribution in [3.8, 4) is 17.2 Å². The molecule has 176 valence electrons. The Labute approximate surface area is 202 Å². The highest BCUT2D eigenvalue weighted by atomic mass is 35.5. The Morgan fingerprint density at radius 1 is 0.971 bits per heavy atom. The first-order valence-corrected chi connectivity index (χ1v) is 10.8. The van der Waals surface area contributed by atoms with Crippen LogP contribution in [0.3, 0.4) is 0 Å². The van der Waals surface area contributed by atoms with Crippen LogP contribution in [0.4, 0.5) is 0 Å². The quantitative estimate of drug-likeness (QED) is 0.318. The number of halogens is 1. The fourth-order valence-electron chi connectivity index (χ4n) is 2.90. The Balaban J connectivity index is 1.68. The van der Waals surface area contributed by atoms with Gasteiger partial charge in [0.05, 0.1) is 12.8 Å². The number of nitrogens with one attached hydrogen (secondary N) is 1. The minimum atomic E-state index is -0.618. The van der Waals surface area contributed by atoms with Crippen LogP contribution in [0.25, 0.3) is 0 Å². The molecule has 8 nitrogen and oxygen atoms in total. The summed E-state index contributed by atoms with van der Waals surface area (Å²) in [7, 11) is 0. The Morgan fingerprint density at radius 3 is 2.47 bits per heavy atom. The molecule has 3 N–H and O–H groups in total. The summed E-state index contributed by atoms with van der Waals surface area (Å²) in [5.74, 6) is 0.258. The maximum absolute atomic E-state index is 12.6. The molecular weight excluding hydrogens is 458 g/mol. The van der Waals surface area contributed by atoms with Crippen molar-refractivity contribution in [2.45, 2.75) is 13.5 Å². The van der Waals surface area contributed by atoms with Crippen LogP contribution in [0.15, 0.2) is 71.8 Å². The SMILES string of the molecule is CCOc1cc(C(=O)N/N=C/c2cc(Cl)ccc2OCC(N)=O)ccc1OCc1ccccc1. The minimum Gasteiger partial charge on any atom is -0.490 e. The molecule has 0 aliphatic rings. The summed E-state index contributed by atoms with van der Waals surface area (Å²) in [6, 6.07) is 19.4. The molecule has 3 rings (SSSR count). The average Bonchev–Trinajstić information content (AvgIpc) is 2.83. The van der Waals surface area contributed by atoms with Gasteiger partial charge in [-0.25, -0.2) is 5.43 Å². The average molecular weight is 482 g/mol. The molecule has 3 aromatic rings. The monoisotopic (exact) mass is 481 g/mol. The first-order chi connectivity index (χ1) is 16.5. The number of amides is 2. The van der Waals surface area contributed by atoms with Crippen molar-refractivity contribution in [2.75, 3.05) is 13.2 Å². The van der Waals surface area contributed by atoms with Crippen molar-refractivity contribution in [1.29, 1.82) is 0 Å². The van der Waals surface area contributed by atoms with Gasteiger partial charge >= 0.3 is 0 Å². The summed E-state index contributed by atoms with van der Waals surface area (Å²) < 4.78 is 16.9. The number of rotatable bonds is 11. The molecule has 34 heavy (non-hydrogen) atoms. The molecule has 0 aliphatic heterocycles. The molecule has 0 heterocycles. The summed E-state index contributed by atoms with van der Waals surface area (Å²) in [5.41, 5.74) is 9.39. The van der Waals surface area contributed by atoms with E-state index >= 15 is 0 Å². The highest BCUT2D eigenvalue weighted by Gasteiger charge is 2.12. The van der Waals surface area contributed by atoms with Gasteiger partial charge in [0, 0.05) is 16.1 Å². The highest BCUT2D eigenvalue weighted by molar-refractivity contribution is 6.30. The smallest absolute Gasteiger partial charge is 0.271 e. The van der Waals surface area contributed by atoms with E-state index in [2.05, 4.69) is 10.5 Å². The van der Waals surface area contributed by atoms with Gasteiger partial charge in [0.1, 0.15) is 12.4 Å². The van der Waals surface area contributed by atoms with Crippen LogP contribution in [0, 0.1) is 0 Å². The molecule has 9 heteroatoms. The summed E-state index contributed by atoms with van der Waals surface area (Å²) in [6.07, 6.45) is 1.36. The summed E-state index contributed by atoms with van der Waals surface area (Å²) >= 11 is 6.02. The van der Waals surface area contributed by atoms with Crippen molar-refractivity contribution in [1.82, 2.24) is 5.43 Å². The number of benzene rings is 3. The van der Waals surface area contributed by atoms with Crippen LogP contribution in [0.2, 0.25) is 5.02 Å². The van der Waals surface area contributed by atoms with Gasteiger partial charge in [0.25, 0.3) is 11.8 Å². The van der Waals surface area contributed by atoms with E-state index in [1.54, 1.807) is 36.4 Å². The number of carbonyl (C=O) groups excluding carboxylic acids is 2. The predicted octanol–water partition coefficient (Wildman–Crippen LogP) is 3.95. The normalized spacial score (nSPS) is 10.6. The molecule has 0 aromatic heterocycles. The van der Waals surface area contributed by atoms with E-state index in [-0.39, 0.29) is 6.61 Å². The van der Waals surface area contributed by atoms with Crippen molar-refractivity contribution < 1.29 is 23.8 Å². The lowest BCUT2D eigenvalue weighted by Gasteiger charge is -2.13. The fourth-order valence-corrected chi connectivity index (χ4v) is 3.08. The molecule has 0 unspecified atom stereocenters. The third kappa shape index (κ3) is 7.25. The third-order valence-electron chi connectivity index (χ3n) is 4.45. The molecular formula is C25H24ClN3O5. The topological polar surface area (TPSA) is 112 Å². The van der Waals surface area contributed by atoms with Crippen LogP contribution in [0.5, 0.6) is 17.2 Å². The van der Waals surface area contributed by atoms with E-state index in [1.165, 1.54) is 6.21 Å². The van der Waals surface area contributed by atoms with Gasteiger partial charge in [-0.05, 0) is 48.9 Å². The summed E-state index contributed by atoms with van der Waals surface area (Å²) in [6.45, 7) is 2.33. The first kappa shape index (κ1) is 24.6. The largest absolute Gasteiger partial charge is 0.490 e. The summed E-state index contributed by atoms with van der Waals surface area (Å²) in [5, 5.41) is 4.41. The number of hydrogen-bond acceptors (Lipinski definition) is 6. The second-order valence-electron chi connectivity index (χ2n) is 7.01. The maximum atomic E-state index is 12.6. The lowest BCUT2D eigenvalue weighted by atomic mass is 10.2. The second-order valence-corrected chi connectivity index (χ2v) is 7.44. The van der Waals surface area contributed by atoms with Crippen LogP contribution >= 0.6 is 11.6 Å². The molecule has 3 aromatic carbocycles. The van der Waals surface area contributed by atoms with E-state index in [0.29, 0.717) is 46.6 Å². The van der Waals surface area contributed by atoms with Gasteiger partial charge in [-0.15, -0.1) is 0 Å². The Bertz CT molecular complexity index is 1170. The van der Waals surface area contributed by atoms with Gasteiger partial charge < -0.3 is 19.9 Å². The number of hydrogen-bond donors (Lipinski definition) is 2. The lowest BCUT2D eigenvalue weighted by molar-refractivity contribution is -0.119. The maximum Gasteiger partial charge on any atom is 0.271 e. The molecule has 0 bridgehead atoms. The van der Waals surface area contributed by atoms with E-state index in [1.807, 2.05) is 37.3 Å². The molecule has 0 radical (unpaired) electrons. The molecule has 0 aliphatic carbocycles. The third-order valence-corrected chi connectivity index (χ3v) is 4.69. The number of hydrazone groups is 1. The zero-order chi connectivity index (χ0) is 24.3. The number of nitrogens with two attached hydrogens (primary N) is 1. The van der Waals surface area contributed by atoms with Crippen molar-refractivity contribution in [3.63, 3.8) is 0 Å². The predicted molar refractivity (Wildman–Crippen MR) is 130 cm³/mol. The van der Waals surface area contributed by atoms with Gasteiger partial charge in [-0.1, -0.05) is 41.9 Å². The number of primary amides is 1. The Morgan fingerprint density at radius 2 is 1.74 bits per heavy atom. The van der Waals surface area contributed by atoms with E-state index < -0.39 is 11.8 Å². The lowest BCUT2D eigenvalue weighted by Crippen LogP contribution is -2.20. The van der Waals surface area contributed by atoms with E-state index in [9.17, 15) is 9.59 Å². The van der Waals surface area contributed by atoms with Gasteiger partial charge in [-0.2, -0.15) is 5.10 Å². The molecule has 0 fully saturated rings. The molecule has 0 saturated carbocycles. The van der Waals surface area contributed by atoms with Crippen LogP contribution < -0.4 is 25.4 Å². The molecule has 0 saturated heterocycles. The number of ether oxygens (including phenoxy) is 3. The first-order valence-electron chi connectivity index (χ1n) is 10.4. The second kappa shape index (κ2) is 12.3. The summed E-state index contributed by atoms with van der Waals surface area (Å²) in [4.78, 5) is 23.6. The van der Waals surface area contributed by atoms with Crippen molar-refractivity contribution in [3.05, 3.63) is 88.4 Å². The van der Waals surface area contributed by atoms with E-state index in [4.69, 9.17) is 31.5 Å². The number of carbonyl (C=O) groups is 2. The van der Waals surface area contributed by atoms with Gasteiger partial charge in [-0.3, -0.25) is 9.59 Å². The van der Waals surface area contributed by atoms with Crippen LogP contribution in [-0.2, 0) is 11.4 Å². The van der Waals surface area contributed by atoms with Crippen LogP contribution in [-0.4, -0.2) is 31.2 Å². The van der Waals surface area contributed by atoms with Crippen molar-refractivity contribution >= 4 is 29.6 Å². The van der Waals surface area contributed by atoms with Crippen LogP contribution in [0.1, 0.15) is 28.4 Å². The van der Waals surface area contributed by atoms with Crippen molar-refractivity contribution in [2.24, 2.45) is 10.8 Å². The van der Waals surface area contributed by atoms with E-state index in [0.717, 1.165) is 5.56 Å². The number of nitrogens with zero attached hydrogens (tertiary/aromatic N) is 1. The fraction of sp³-hybridized carbons (Fsp3) is 0.160. The molecule has 0 spiro atoms. The zero-order valence-corrected chi connectivity index (χ0v) is 19.2. The zero-order valence-electron chi connectivity index (χ0n) is 18.5. The van der Waals surface area contributed by atoms with Gasteiger partial charge in [0.15, 0.2) is 18.1 Å². The Kier molecular flexibility index (Phi) is 8.88. The minimum absolute atomic E-state index is 0.298. The highest BCUT2D eigenvalue weighted by Crippen LogP contribution is 2.29.